The maximum atomic E-state index is 13.7. The van der Waals surface area contributed by atoms with Gasteiger partial charge in [0.25, 0.3) is 11.5 Å². The summed E-state index contributed by atoms with van der Waals surface area (Å²) in [7, 11) is 3.03. The van der Waals surface area contributed by atoms with Crippen molar-refractivity contribution in [1.29, 1.82) is 0 Å². The van der Waals surface area contributed by atoms with Crippen molar-refractivity contribution < 1.29 is 14.4 Å². The van der Waals surface area contributed by atoms with E-state index in [4.69, 9.17) is 12.2 Å². The van der Waals surface area contributed by atoms with E-state index in [9.17, 15) is 19.2 Å². The van der Waals surface area contributed by atoms with Crippen molar-refractivity contribution in [2.24, 2.45) is 5.10 Å². The molecular formula is C25H26N8O4S. The lowest BCUT2D eigenvalue weighted by Gasteiger charge is -2.32. The van der Waals surface area contributed by atoms with Crippen LogP contribution in [-0.2, 0) is 10.3 Å². The second-order valence-corrected chi connectivity index (χ2v) is 8.96. The predicted octanol–water partition coefficient (Wildman–Crippen LogP) is 2.65. The number of aromatic amines is 1. The highest BCUT2D eigenvalue weighted by atomic mass is 32.1. The molecule has 0 aliphatic carbocycles. The van der Waals surface area contributed by atoms with E-state index in [0.29, 0.717) is 11.4 Å². The summed E-state index contributed by atoms with van der Waals surface area (Å²) in [5.74, 6) is -0.564. The SMILES string of the molecule is C/C(=N\NC(=O)Nc1ccccc1)C1(c2c(C)[nH]n(C(=O)Nc3ccccc3)c2=O)C(=O)N(C)C(=S)N1C. The molecule has 1 aromatic heterocycles. The molecule has 0 saturated carbocycles. The summed E-state index contributed by atoms with van der Waals surface area (Å²) < 4.78 is 0.782. The number of thiocarbonyl (C=S) groups is 1. The van der Waals surface area contributed by atoms with Gasteiger partial charge in [-0.2, -0.15) is 9.78 Å². The minimum atomic E-state index is -1.82. The maximum absolute atomic E-state index is 13.7. The lowest BCUT2D eigenvalue weighted by Crippen LogP contribution is -2.54. The summed E-state index contributed by atoms with van der Waals surface area (Å²) in [6, 6.07) is 15.9. The zero-order valence-corrected chi connectivity index (χ0v) is 21.9. The standard InChI is InChI=1S/C25H26N8O4S/c1-15-19(20(34)33(30-15)23(37)27-18-13-9-6-10-14-18)25(21(35)31(3)24(38)32(25)4)16(2)28-29-22(36)26-17-11-7-5-8-12-17/h5-14,30H,1-4H3,(H,27,37)(H2,26,29,36)/b28-16+. The van der Waals surface area contributed by atoms with Gasteiger partial charge in [-0.25, -0.2) is 15.0 Å². The number of H-pyrrole nitrogens is 1. The third-order valence-corrected chi connectivity index (χ3v) is 6.78. The molecule has 1 unspecified atom stereocenters. The number of carbonyl (C=O) groups excluding carboxylic acids is 3. The number of hydrogen-bond donors (Lipinski definition) is 4. The summed E-state index contributed by atoms with van der Waals surface area (Å²) in [6.45, 7) is 3.06. The number of nitrogens with one attached hydrogen (secondary N) is 4. The second-order valence-electron chi connectivity index (χ2n) is 8.59. The van der Waals surface area contributed by atoms with Crippen LogP contribution in [0.3, 0.4) is 0 Å². The summed E-state index contributed by atoms with van der Waals surface area (Å²) in [5, 5.41) is 12.3. The van der Waals surface area contributed by atoms with E-state index in [1.54, 1.807) is 68.6 Å². The first-order chi connectivity index (χ1) is 18.1. The van der Waals surface area contributed by atoms with E-state index >= 15 is 0 Å². The Morgan fingerprint density at radius 3 is 2.03 bits per heavy atom. The largest absolute Gasteiger partial charge is 0.348 e. The molecule has 0 radical (unpaired) electrons. The summed E-state index contributed by atoms with van der Waals surface area (Å²) in [5.41, 5.74) is 1.07. The first kappa shape index (κ1) is 26.3. The average Bonchev–Trinajstić information content (AvgIpc) is 3.29. The molecule has 2 aromatic carbocycles. The number of para-hydroxylation sites is 2. The molecular weight excluding hydrogens is 508 g/mol. The number of hydrazone groups is 1. The van der Waals surface area contributed by atoms with E-state index < -0.39 is 29.1 Å². The number of likely N-dealkylation sites (N-methyl/N-ethyl adjacent to an activating group) is 2. The van der Waals surface area contributed by atoms with Gasteiger partial charge in [-0.1, -0.05) is 36.4 Å². The number of aryl methyl sites for hydroxylation is 1. The van der Waals surface area contributed by atoms with Crippen LogP contribution < -0.4 is 21.6 Å². The molecule has 12 nitrogen and oxygen atoms in total. The quantitative estimate of drug-likeness (QED) is 0.225. The molecule has 4 amide bonds. The van der Waals surface area contributed by atoms with Crippen LogP contribution in [0.15, 0.2) is 70.6 Å². The van der Waals surface area contributed by atoms with Crippen LogP contribution in [0.4, 0.5) is 21.0 Å². The normalized spacial score (nSPS) is 17.5. The first-order valence-corrected chi connectivity index (χ1v) is 11.9. The Hall–Kier alpha value is -4.78. The highest BCUT2D eigenvalue weighted by Crippen LogP contribution is 2.37. The number of nitrogens with zero attached hydrogens (tertiary/aromatic N) is 4. The third-order valence-electron chi connectivity index (χ3n) is 6.23. The first-order valence-electron chi connectivity index (χ1n) is 11.5. The molecule has 2 heterocycles. The summed E-state index contributed by atoms with van der Waals surface area (Å²) in [4.78, 5) is 55.5. The van der Waals surface area contributed by atoms with E-state index in [0.717, 1.165) is 4.68 Å². The predicted molar refractivity (Wildman–Crippen MR) is 147 cm³/mol. The van der Waals surface area contributed by atoms with Gasteiger partial charge < -0.3 is 15.5 Å². The fourth-order valence-corrected chi connectivity index (χ4v) is 4.63. The van der Waals surface area contributed by atoms with Crippen molar-refractivity contribution in [2.75, 3.05) is 24.7 Å². The minimum absolute atomic E-state index is 0.0496. The lowest BCUT2D eigenvalue weighted by molar-refractivity contribution is -0.129. The van der Waals surface area contributed by atoms with Crippen LogP contribution in [0, 0.1) is 6.92 Å². The van der Waals surface area contributed by atoms with E-state index in [-0.39, 0.29) is 22.1 Å². The highest BCUT2D eigenvalue weighted by Gasteiger charge is 2.59. The second kappa shape index (κ2) is 10.3. The molecule has 1 aliphatic heterocycles. The van der Waals surface area contributed by atoms with Gasteiger partial charge in [0.1, 0.15) is 0 Å². The minimum Gasteiger partial charge on any atom is -0.328 e. The smallest absolute Gasteiger partial charge is 0.328 e. The molecule has 4 rings (SSSR count). The van der Waals surface area contributed by atoms with Crippen LogP contribution in [0.1, 0.15) is 18.2 Å². The maximum Gasteiger partial charge on any atom is 0.348 e. The van der Waals surface area contributed by atoms with Crippen molar-refractivity contribution in [3.05, 3.63) is 82.3 Å². The van der Waals surface area contributed by atoms with Gasteiger partial charge in [0.2, 0.25) is 0 Å². The van der Waals surface area contributed by atoms with Crippen molar-refractivity contribution >= 4 is 52.4 Å². The molecule has 1 aliphatic rings. The van der Waals surface area contributed by atoms with Crippen molar-refractivity contribution in [3.8, 4) is 0 Å². The van der Waals surface area contributed by atoms with Gasteiger partial charge in [-0.15, -0.1) is 0 Å². The van der Waals surface area contributed by atoms with Crippen LogP contribution in [0.25, 0.3) is 0 Å². The number of benzene rings is 2. The number of aromatic nitrogens is 2. The zero-order valence-electron chi connectivity index (χ0n) is 21.1. The van der Waals surface area contributed by atoms with Crippen molar-refractivity contribution in [2.45, 2.75) is 19.4 Å². The van der Waals surface area contributed by atoms with Crippen LogP contribution in [-0.4, -0.2) is 62.5 Å². The third kappa shape index (κ3) is 4.43. The Bertz CT molecular complexity index is 1500. The Labute approximate surface area is 223 Å². The lowest BCUT2D eigenvalue weighted by atomic mass is 9.84. The molecule has 1 saturated heterocycles. The van der Waals surface area contributed by atoms with Gasteiger partial charge in [0, 0.05) is 31.2 Å². The fraction of sp³-hybridized carbons (Fsp3) is 0.200. The van der Waals surface area contributed by atoms with Crippen LogP contribution in [0.5, 0.6) is 0 Å². The summed E-state index contributed by atoms with van der Waals surface area (Å²) >= 11 is 5.44. The summed E-state index contributed by atoms with van der Waals surface area (Å²) in [6.07, 6.45) is 0. The Kier molecular flexibility index (Phi) is 7.12. The molecule has 13 heteroatoms. The van der Waals surface area contributed by atoms with E-state index in [1.165, 1.54) is 23.8 Å². The van der Waals surface area contributed by atoms with Gasteiger partial charge in [-0.05, 0) is 50.3 Å². The number of rotatable bonds is 5. The number of amides is 4. The Morgan fingerprint density at radius 2 is 1.50 bits per heavy atom. The molecule has 1 atom stereocenters. The van der Waals surface area contributed by atoms with E-state index in [1.807, 2.05) is 6.07 Å². The average molecular weight is 535 g/mol. The van der Waals surface area contributed by atoms with Gasteiger partial charge in [0.15, 0.2) is 10.7 Å². The number of carbonyl (C=O) groups is 3. The van der Waals surface area contributed by atoms with Crippen molar-refractivity contribution in [3.63, 3.8) is 0 Å². The zero-order chi connectivity index (χ0) is 27.6. The molecule has 196 valence electrons. The number of anilines is 2. The number of urea groups is 1. The van der Waals surface area contributed by atoms with E-state index in [2.05, 4.69) is 26.3 Å². The molecule has 1 fully saturated rings. The van der Waals surface area contributed by atoms with Crippen LogP contribution >= 0.6 is 12.2 Å². The number of hydrogen-bond acceptors (Lipinski definition) is 6. The fourth-order valence-electron chi connectivity index (χ4n) is 4.41. The van der Waals surface area contributed by atoms with Gasteiger partial charge in [-0.3, -0.25) is 19.6 Å². The van der Waals surface area contributed by atoms with Gasteiger partial charge in [0.05, 0.1) is 11.3 Å². The highest BCUT2D eigenvalue weighted by molar-refractivity contribution is 7.80. The molecule has 0 bridgehead atoms. The molecule has 4 N–H and O–H groups in total. The topological polar surface area (TPSA) is 144 Å². The Balaban J connectivity index is 1.75. The Morgan fingerprint density at radius 1 is 0.947 bits per heavy atom. The monoisotopic (exact) mass is 534 g/mol. The van der Waals surface area contributed by atoms with Gasteiger partial charge >= 0.3 is 12.1 Å². The van der Waals surface area contributed by atoms with Crippen molar-refractivity contribution in [1.82, 2.24) is 25.0 Å². The molecule has 38 heavy (non-hydrogen) atoms. The van der Waals surface area contributed by atoms with Crippen LogP contribution in [0.2, 0.25) is 0 Å². The molecule has 0 spiro atoms. The molecule has 3 aromatic rings.